The molecule has 1 N–H and O–H groups in total. The molecule has 2 nitrogen and oxygen atoms in total. The van der Waals surface area contributed by atoms with Crippen LogP contribution in [0.4, 0.5) is 0 Å². The lowest BCUT2D eigenvalue weighted by atomic mass is 9.84. The van der Waals surface area contributed by atoms with Crippen molar-refractivity contribution in [2.75, 3.05) is 13.7 Å². The second kappa shape index (κ2) is 4.23. The normalized spacial score (nSPS) is 11.6. The molecule has 0 radical (unpaired) electrons. The molecule has 0 bridgehead atoms. The molecule has 0 aliphatic heterocycles. The van der Waals surface area contributed by atoms with Crippen LogP contribution in [-0.2, 0) is 5.41 Å². The van der Waals surface area contributed by atoms with Crippen molar-refractivity contribution in [2.24, 2.45) is 0 Å². The van der Waals surface area contributed by atoms with Crippen molar-refractivity contribution in [3.05, 3.63) is 28.8 Å². The van der Waals surface area contributed by atoms with Crippen molar-refractivity contribution in [1.82, 2.24) is 0 Å². The highest BCUT2D eigenvalue weighted by Gasteiger charge is 2.21. The Labute approximate surface area is 91.9 Å². The number of aryl methyl sites for hydroxylation is 1. The molecule has 1 aromatic rings. The number of hydrogen-bond acceptors (Lipinski definition) is 2. The summed E-state index contributed by atoms with van der Waals surface area (Å²) in [5.74, 6) is 0.895. The first-order valence-electron chi connectivity index (χ1n) is 5.19. The molecule has 0 unspecified atom stereocenters. The van der Waals surface area contributed by atoms with E-state index in [-0.39, 0.29) is 12.0 Å². The van der Waals surface area contributed by atoms with E-state index in [2.05, 4.69) is 13.0 Å². The number of benzene rings is 1. The maximum Gasteiger partial charge on any atom is 0.122 e. The van der Waals surface area contributed by atoms with Gasteiger partial charge in [-0.2, -0.15) is 0 Å². The van der Waals surface area contributed by atoms with Gasteiger partial charge < -0.3 is 9.84 Å². The molecule has 0 amide bonds. The second-order valence-corrected chi connectivity index (χ2v) is 4.66. The third kappa shape index (κ3) is 2.32. The molecule has 0 aliphatic carbocycles. The highest BCUT2D eigenvalue weighted by atomic mass is 16.5. The Bertz CT molecular complexity index is 354. The average Bonchev–Trinajstić information content (AvgIpc) is 2.21. The van der Waals surface area contributed by atoms with Crippen molar-refractivity contribution < 1.29 is 9.84 Å². The molecule has 0 heterocycles. The van der Waals surface area contributed by atoms with Gasteiger partial charge in [0, 0.05) is 5.41 Å². The highest BCUT2D eigenvalue weighted by molar-refractivity contribution is 5.44. The lowest BCUT2D eigenvalue weighted by Crippen LogP contribution is -2.22. The third-order valence-electron chi connectivity index (χ3n) is 3.02. The van der Waals surface area contributed by atoms with Crippen LogP contribution in [0.3, 0.4) is 0 Å². The van der Waals surface area contributed by atoms with E-state index >= 15 is 0 Å². The number of aliphatic hydroxyl groups is 1. The molecule has 0 aliphatic rings. The van der Waals surface area contributed by atoms with Crippen molar-refractivity contribution in [1.29, 1.82) is 0 Å². The van der Waals surface area contributed by atoms with Gasteiger partial charge in [0.1, 0.15) is 5.75 Å². The predicted octanol–water partition coefficient (Wildman–Crippen LogP) is 2.58. The smallest absolute Gasteiger partial charge is 0.122 e. The van der Waals surface area contributed by atoms with Gasteiger partial charge >= 0.3 is 0 Å². The Hall–Kier alpha value is -1.02. The number of hydrogen-bond donors (Lipinski definition) is 1. The summed E-state index contributed by atoms with van der Waals surface area (Å²) in [5.41, 5.74) is 3.26. The van der Waals surface area contributed by atoms with Crippen LogP contribution in [0, 0.1) is 13.8 Å². The molecule has 2 heteroatoms. The minimum atomic E-state index is -0.217. The molecule has 0 saturated carbocycles. The summed E-state index contributed by atoms with van der Waals surface area (Å²) < 4.78 is 5.32. The maximum atomic E-state index is 9.33. The van der Waals surface area contributed by atoms with E-state index in [0.29, 0.717) is 0 Å². The van der Waals surface area contributed by atoms with E-state index in [1.54, 1.807) is 7.11 Å². The molecular weight excluding hydrogens is 188 g/mol. The molecule has 1 aromatic carbocycles. The molecule has 1 rings (SSSR count). The first kappa shape index (κ1) is 12.1. The quantitative estimate of drug-likeness (QED) is 0.827. The van der Waals surface area contributed by atoms with Gasteiger partial charge in [0.25, 0.3) is 0 Å². The third-order valence-corrected chi connectivity index (χ3v) is 3.02. The average molecular weight is 208 g/mol. The topological polar surface area (TPSA) is 29.5 Å². The van der Waals surface area contributed by atoms with Crippen LogP contribution in [-0.4, -0.2) is 18.8 Å². The van der Waals surface area contributed by atoms with E-state index in [0.717, 1.165) is 16.9 Å². The molecule has 0 saturated heterocycles. The van der Waals surface area contributed by atoms with Crippen LogP contribution < -0.4 is 4.74 Å². The molecule has 0 spiro atoms. The fourth-order valence-corrected chi connectivity index (χ4v) is 1.52. The minimum Gasteiger partial charge on any atom is -0.496 e. The predicted molar refractivity (Wildman–Crippen MR) is 62.6 cm³/mol. The summed E-state index contributed by atoms with van der Waals surface area (Å²) in [6.45, 7) is 8.30. The zero-order valence-corrected chi connectivity index (χ0v) is 10.2. The van der Waals surface area contributed by atoms with Gasteiger partial charge in [-0.15, -0.1) is 0 Å². The van der Waals surface area contributed by atoms with Gasteiger partial charge in [0.2, 0.25) is 0 Å². The van der Waals surface area contributed by atoms with E-state index in [9.17, 15) is 5.11 Å². The SMILES string of the molecule is COc1cc(C(C)(C)CO)cc(C)c1C. The van der Waals surface area contributed by atoms with Gasteiger partial charge in [-0.1, -0.05) is 19.9 Å². The highest BCUT2D eigenvalue weighted by Crippen LogP contribution is 2.30. The summed E-state index contributed by atoms with van der Waals surface area (Å²) >= 11 is 0. The summed E-state index contributed by atoms with van der Waals surface area (Å²) in [6.07, 6.45) is 0. The first-order chi connectivity index (χ1) is 6.92. The van der Waals surface area contributed by atoms with Gasteiger partial charge in [0.05, 0.1) is 13.7 Å². The number of ether oxygens (including phenoxy) is 1. The van der Waals surface area contributed by atoms with E-state index < -0.39 is 0 Å². The lowest BCUT2D eigenvalue weighted by molar-refractivity contribution is 0.218. The second-order valence-electron chi connectivity index (χ2n) is 4.66. The summed E-state index contributed by atoms with van der Waals surface area (Å²) in [6, 6.07) is 4.13. The Morgan fingerprint density at radius 1 is 1.27 bits per heavy atom. The summed E-state index contributed by atoms with van der Waals surface area (Å²) in [7, 11) is 1.68. The van der Waals surface area contributed by atoms with Crippen molar-refractivity contribution in [3.8, 4) is 5.75 Å². The summed E-state index contributed by atoms with van der Waals surface area (Å²) in [5, 5.41) is 9.33. The van der Waals surface area contributed by atoms with Crippen LogP contribution >= 0.6 is 0 Å². The Morgan fingerprint density at radius 2 is 1.87 bits per heavy atom. The van der Waals surface area contributed by atoms with Gasteiger partial charge in [-0.05, 0) is 36.6 Å². The number of aliphatic hydroxyl groups excluding tert-OH is 1. The molecule has 84 valence electrons. The molecule has 0 atom stereocenters. The molecule has 15 heavy (non-hydrogen) atoms. The van der Waals surface area contributed by atoms with Crippen molar-refractivity contribution >= 4 is 0 Å². The van der Waals surface area contributed by atoms with Crippen LogP contribution in [0.1, 0.15) is 30.5 Å². The Balaban J connectivity index is 3.28. The van der Waals surface area contributed by atoms with E-state index in [1.807, 2.05) is 26.8 Å². The van der Waals surface area contributed by atoms with Crippen LogP contribution in [0.2, 0.25) is 0 Å². The number of rotatable bonds is 3. The zero-order valence-electron chi connectivity index (χ0n) is 10.2. The first-order valence-corrected chi connectivity index (χ1v) is 5.19. The zero-order chi connectivity index (χ0) is 11.6. The summed E-state index contributed by atoms with van der Waals surface area (Å²) in [4.78, 5) is 0. The molecule has 0 fully saturated rings. The number of methoxy groups -OCH3 is 1. The van der Waals surface area contributed by atoms with E-state index in [1.165, 1.54) is 5.56 Å². The van der Waals surface area contributed by atoms with E-state index in [4.69, 9.17) is 4.74 Å². The Morgan fingerprint density at radius 3 is 2.33 bits per heavy atom. The van der Waals surface area contributed by atoms with Crippen LogP contribution in [0.25, 0.3) is 0 Å². The monoisotopic (exact) mass is 208 g/mol. The van der Waals surface area contributed by atoms with Gasteiger partial charge in [-0.3, -0.25) is 0 Å². The van der Waals surface area contributed by atoms with Crippen LogP contribution in [0.5, 0.6) is 5.75 Å². The van der Waals surface area contributed by atoms with Crippen LogP contribution in [0.15, 0.2) is 12.1 Å². The molecule has 0 aromatic heterocycles. The van der Waals surface area contributed by atoms with Crippen molar-refractivity contribution in [3.63, 3.8) is 0 Å². The van der Waals surface area contributed by atoms with Gasteiger partial charge in [0.15, 0.2) is 0 Å². The van der Waals surface area contributed by atoms with Crippen molar-refractivity contribution in [2.45, 2.75) is 33.1 Å². The maximum absolute atomic E-state index is 9.33. The minimum absolute atomic E-state index is 0.138. The van der Waals surface area contributed by atoms with Gasteiger partial charge in [-0.25, -0.2) is 0 Å². The largest absolute Gasteiger partial charge is 0.496 e. The fraction of sp³-hybridized carbons (Fsp3) is 0.538. The lowest BCUT2D eigenvalue weighted by Gasteiger charge is -2.24. The Kier molecular flexibility index (Phi) is 3.40. The standard InChI is InChI=1S/C13H20O2/c1-9-6-11(13(3,4)8-14)7-12(15-5)10(9)2/h6-7,14H,8H2,1-5H3. The molecular formula is C13H20O2. The fourth-order valence-electron chi connectivity index (χ4n) is 1.52.